The topological polar surface area (TPSA) is 61.2 Å². The first-order valence-electron chi connectivity index (χ1n) is 5.43. The largest absolute Gasteiger partial charge is 0.274 e. The number of imide groups is 1. The van der Waals surface area contributed by atoms with Gasteiger partial charge in [-0.05, 0) is 19.8 Å². The monoisotopic (exact) mass is 206 g/mol. The smallest absolute Gasteiger partial charge is 0.234 e. The first kappa shape index (κ1) is 10.2. The van der Waals surface area contributed by atoms with E-state index in [0.717, 1.165) is 25.7 Å². The fourth-order valence-corrected chi connectivity index (χ4v) is 2.63. The Morgan fingerprint density at radius 3 is 2.13 bits per heavy atom. The van der Waals surface area contributed by atoms with Crippen LogP contribution >= 0.6 is 0 Å². The summed E-state index contributed by atoms with van der Waals surface area (Å²) in [5.74, 6) is -0.526. The predicted molar refractivity (Wildman–Crippen MR) is 52.4 cm³/mol. The van der Waals surface area contributed by atoms with Crippen molar-refractivity contribution < 1.29 is 9.59 Å². The van der Waals surface area contributed by atoms with Gasteiger partial charge in [0.1, 0.15) is 6.04 Å². The molecule has 2 fully saturated rings. The van der Waals surface area contributed by atoms with Gasteiger partial charge in [0, 0.05) is 0 Å². The van der Waals surface area contributed by atoms with E-state index in [2.05, 4.69) is 0 Å². The van der Waals surface area contributed by atoms with Gasteiger partial charge in [0.15, 0.2) is 0 Å². The summed E-state index contributed by atoms with van der Waals surface area (Å²) < 4.78 is 0. The van der Waals surface area contributed by atoms with Crippen LogP contribution in [0.5, 0.6) is 0 Å². The van der Waals surface area contributed by atoms with Crippen LogP contribution in [0.2, 0.25) is 0 Å². The Balaban J connectivity index is 2.26. The lowest BCUT2D eigenvalue weighted by atomic mass is 9.81. The fourth-order valence-electron chi connectivity index (χ4n) is 2.63. The lowest BCUT2D eigenvalue weighted by Crippen LogP contribution is -2.38. The molecule has 1 aliphatic carbocycles. The number of rotatable bonds is 1. The molecule has 4 heteroatoms. The van der Waals surface area contributed by atoms with Gasteiger partial charge in [0.2, 0.25) is 11.8 Å². The summed E-state index contributed by atoms with van der Waals surface area (Å²) in [4.78, 5) is 25.0. The van der Waals surface area contributed by atoms with Gasteiger partial charge in [-0.15, -0.1) is 0 Å². The van der Waals surface area contributed by atoms with E-state index in [1.165, 1.54) is 4.90 Å². The minimum Gasteiger partial charge on any atom is -0.274 e. The first-order chi connectivity index (χ1) is 7.16. The van der Waals surface area contributed by atoms with Crippen molar-refractivity contribution in [2.45, 2.75) is 38.6 Å². The lowest BCUT2D eigenvalue weighted by Gasteiger charge is -2.19. The Morgan fingerprint density at radius 2 is 1.73 bits per heavy atom. The summed E-state index contributed by atoms with van der Waals surface area (Å²) >= 11 is 0. The SMILES string of the molecule is CC(C#N)N1C(=O)C2CCCCC2C1=O. The number of nitriles is 1. The number of carbonyl (C=O) groups excluding carboxylic acids is 2. The Morgan fingerprint density at radius 1 is 1.27 bits per heavy atom. The van der Waals surface area contributed by atoms with Crippen LogP contribution in [0.25, 0.3) is 0 Å². The fraction of sp³-hybridized carbons (Fsp3) is 0.727. The van der Waals surface area contributed by atoms with Gasteiger partial charge in [-0.1, -0.05) is 12.8 Å². The van der Waals surface area contributed by atoms with Crippen molar-refractivity contribution in [1.82, 2.24) is 4.90 Å². The molecule has 1 saturated heterocycles. The second kappa shape index (κ2) is 3.65. The van der Waals surface area contributed by atoms with Crippen molar-refractivity contribution in [3.05, 3.63) is 0 Å². The Labute approximate surface area is 88.9 Å². The number of carbonyl (C=O) groups is 2. The third-order valence-corrected chi connectivity index (χ3v) is 3.45. The van der Waals surface area contributed by atoms with E-state index in [-0.39, 0.29) is 23.7 Å². The molecule has 0 spiro atoms. The summed E-state index contributed by atoms with van der Waals surface area (Å²) in [6.07, 6.45) is 3.66. The van der Waals surface area contributed by atoms with Crippen LogP contribution in [-0.4, -0.2) is 22.8 Å². The van der Waals surface area contributed by atoms with Gasteiger partial charge in [0.25, 0.3) is 0 Å². The van der Waals surface area contributed by atoms with Crippen molar-refractivity contribution in [3.63, 3.8) is 0 Å². The second-order valence-corrected chi connectivity index (χ2v) is 4.35. The normalized spacial score (nSPS) is 32.4. The number of hydrogen-bond acceptors (Lipinski definition) is 3. The number of amides is 2. The number of likely N-dealkylation sites (tertiary alicyclic amines) is 1. The van der Waals surface area contributed by atoms with E-state index in [9.17, 15) is 9.59 Å². The highest BCUT2D eigenvalue weighted by Gasteiger charge is 2.49. The summed E-state index contributed by atoms with van der Waals surface area (Å²) in [6.45, 7) is 1.60. The number of nitrogens with zero attached hydrogens (tertiary/aromatic N) is 2. The predicted octanol–water partition coefficient (Wildman–Crippen LogP) is 1.07. The molecule has 3 atom stereocenters. The number of fused-ring (bicyclic) bond motifs is 1. The molecule has 1 saturated carbocycles. The Kier molecular flexibility index (Phi) is 2.47. The van der Waals surface area contributed by atoms with E-state index < -0.39 is 6.04 Å². The Hall–Kier alpha value is -1.37. The van der Waals surface area contributed by atoms with Crippen LogP contribution in [0.3, 0.4) is 0 Å². The molecule has 1 heterocycles. The van der Waals surface area contributed by atoms with Crippen LogP contribution in [0, 0.1) is 23.2 Å². The average molecular weight is 206 g/mol. The van der Waals surface area contributed by atoms with Crippen molar-refractivity contribution in [2.75, 3.05) is 0 Å². The molecule has 2 aliphatic rings. The molecule has 80 valence electrons. The summed E-state index contributed by atoms with van der Waals surface area (Å²) in [5, 5.41) is 8.77. The van der Waals surface area contributed by atoms with Crippen molar-refractivity contribution in [1.29, 1.82) is 5.26 Å². The first-order valence-corrected chi connectivity index (χ1v) is 5.43. The molecule has 1 aliphatic heterocycles. The van der Waals surface area contributed by atoms with E-state index in [1.54, 1.807) is 6.92 Å². The molecule has 0 bridgehead atoms. The summed E-state index contributed by atoms with van der Waals surface area (Å²) in [7, 11) is 0. The molecule has 0 aromatic rings. The maximum absolute atomic E-state index is 11.9. The van der Waals surface area contributed by atoms with Crippen molar-refractivity contribution in [3.8, 4) is 6.07 Å². The quantitative estimate of drug-likeness (QED) is 0.603. The highest BCUT2D eigenvalue weighted by atomic mass is 16.2. The zero-order valence-corrected chi connectivity index (χ0v) is 8.77. The third-order valence-electron chi connectivity index (χ3n) is 3.45. The van der Waals surface area contributed by atoms with Crippen molar-refractivity contribution in [2.24, 2.45) is 11.8 Å². The maximum Gasteiger partial charge on any atom is 0.234 e. The van der Waals surface area contributed by atoms with Crippen LogP contribution in [-0.2, 0) is 9.59 Å². The molecule has 15 heavy (non-hydrogen) atoms. The van der Waals surface area contributed by atoms with E-state index in [4.69, 9.17) is 5.26 Å². The van der Waals surface area contributed by atoms with Gasteiger partial charge >= 0.3 is 0 Å². The number of hydrogen-bond donors (Lipinski definition) is 0. The zero-order valence-electron chi connectivity index (χ0n) is 8.77. The molecule has 3 unspecified atom stereocenters. The zero-order chi connectivity index (χ0) is 11.0. The molecule has 2 amide bonds. The standard InChI is InChI=1S/C11H14N2O2/c1-7(6-12)13-10(14)8-4-2-3-5-9(8)11(13)15/h7-9H,2-5H2,1H3. The summed E-state index contributed by atoms with van der Waals surface area (Å²) in [6, 6.07) is 1.35. The van der Waals surface area contributed by atoms with Gasteiger partial charge in [-0.3, -0.25) is 14.5 Å². The van der Waals surface area contributed by atoms with Crippen LogP contribution in [0.15, 0.2) is 0 Å². The molecule has 0 aromatic carbocycles. The minimum absolute atomic E-state index is 0.126. The van der Waals surface area contributed by atoms with Gasteiger partial charge < -0.3 is 0 Å². The molecule has 0 aromatic heterocycles. The van der Waals surface area contributed by atoms with E-state index >= 15 is 0 Å². The second-order valence-electron chi connectivity index (χ2n) is 4.35. The van der Waals surface area contributed by atoms with Gasteiger partial charge in [0.05, 0.1) is 17.9 Å². The van der Waals surface area contributed by atoms with E-state index in [0.29, 0.717) is 0 Å². The molecule has 0 N–H and O–H groups in total. The Bertz CT molecular complexity index is 321. The molecule has 2 rings (SSSR count). The molecular formula is C11H14N2O2. The van der Waals surface area contributed by atoms with Crippen LogP contribution < -0.4 is 0 Å². The lowest BCUT2D eigenvalue weighted by molar-refractivity contribution is -0.141. The van der Waals surface area contributed by atoms with Crippen molar-refractivity contribution >= 4 is 11.8 Å². The molecular weight excluding hydrogens is 192 g/mol. The van der Waals surface area contributed by atoms with Gasteiger partial charge in [-0.2, -0.15) is 5.26 Å². The summed E-state index contributed by atoms with van der Waals surface area (Å²) in [5.41, 5.74) is 0. The average Bonchev–Trinajstić information content (AvgIpc) is 2.52. The molecule has 0 radical (unpaired) electrons. The maximum atomic E-state index is 11.9. The highest BCUT2D eigenvalue weighted by molar-refractivity contribution is 6.05. The van der Waals surface area contributed by atoms with E-state index in [1.807, 2.05) is 6.07 Å². The highest BCUT2D eigenvalue weighted by Crippen LogP contribution is 2.38. The molecule has 4 nitrogen and oxygen atoms in total. The van der Waals surface area contributed by atoms with Crippen LogP contribution in [0.1, 0.15) is 32.6 Å². The third kappa shape index (κ3) is 1.43. The van der Waals surface area contributed by atoms with Crippen LogP contribution in [0.4, 0.5) is 0 Å². The van der Waals surface area contributed by atoms with Gasteiger partial charge in [-0.25, -0.2) is 0 Å². The minimum atomic E-state index is -0.615.